The number of hydrogen-bond acceptors (Lipinski definition) is 6. The zero-order valence-electron chi connectivity index (χ0n) is 13.1. The fourth-order valence-corrected chi connectivity index (χ4v) is 3.16. The van der Waals surface area contributed by atoms with Crippen molar-refractivity contribution in [3.05, 3.63) is 29.3 Å². The number of hydrogen-bond donors (Lipinski definition) is 3. The Bertz CT molecular complexity index is 763. The summed E-state index contributed by atoms with van der Waals surface area (Å²) in [5, 5.41) is 10.3. The molecule has 128 valence electrons. The fraction of sp³-hybridized carbons (Fsp3) is 0.286. The van der Waals surface area contributed by atoms with E-state index in [1.807, 2.05) is 13.8 Å². The van der Waals surface area contributed by atoms with Gasteiger partial charge in [-0.05, 0) is 18.1 Å². The molecule has 1 aromatic carbocycles. The summed E-state index contributed by atoms with van der Waals surface area (Å²) in [6.45, 7) is 3.68. The van der Waals surface area contributed by atoms with Gasteiger partial charge in [-0.1, -0.05) is 49.3 Å². The van der Waals surface area contributed by atoms with Crippen molar-refractivity contribution in [2.45, 2.75) is 24.3 Å². The van der Waals surface area contributed by atoms with Crippen molar-refractivity contribution in [1.82, 2.24) is 20.2 Å². The smallest absolute Gasteiger partial charge is 0.318 e. The fourth-order valence-electron chi connectivity index (χ4n) is 1.98. The van der Waals surface area contributed by atoms with Gasteiger partial charge in [0.05, 0.1) is 10.3 Å². The van der Waals surface area contributed by atoms with Crippen molar-refractivity contribution in [2.75, 3.05) is 5.84 Å². The number of amides is 3. The van der Waals surface area contributed by atoms with Crippen molar-refractivity contribution in [3.63, 3.8) is 0 Å². The van der Waals surface area contributed by atoms with E-state index in [2.05, 4.69) is 15.5 Å². The Labute approximate surface area is 147 Å². The Morgan fingerprint density at radius 2 is 1.96 bits per heavy atom. The van der Waals surface area contributed by atoms with Crippen LogP contribution in [0.15, 0.2) is 29.4 Å². The molecule has 1 heterocycles. The highest BCUT2D eigenvalue weighted by molar-refractivity contribution is 8.00. The molecule has 0 aliphatic carbocycles. The van der Waals surface area contributed by atoms with Crippen molar-refractivity contribution in [2.24, 2.45) is 11.7 Å². The molecule has 0 bridgehead atoms. The maximum atomic E-state index is 12.1. The molecule has 0 unspecified atom stereocenters. The lowest BCUT2D eigenvalue weighted by atomic mass is 10.1. The van der Waals surface area contributed by atoms with E-state index in [1.54, 1.807) is 24.3 Å². The number of thioether (sulfide) groups is 1. The molecule has 0 radical (unpaired) electrons. The van der Waals surface area contributed by atoms with Crippen LogP contribution in [0.1, 0.15) is 13.8 Å². The van der Waals surface area contributed by atoms with Crippen molar-refractivity contribution >= 4 is 35.3 Å². The van der Waals surface area contributed by atoms with Crippen LogP contribution >= 0.6 is 23.4 Å². The predicted molar refractivity (Wildman–Crippen MR) is 92.8 cm³/mol. The maximum absolute atomic E-state index is 12.1. The van der Waals surface area contributed by atoms with Gasteiger partial charge in [0.25, 0.3) is 0 Å². The summed E-state index contributed by atoms with van der Waals surface area (Å²) in [5.74, 6) is 5.82. The molecule has 1 aromatic heterocycles. The van der Waals surface area contributed by atoms with Crippen LogP contribution < -0.4 is 16.9 Å². The van der Waals surface area contributed by atoms with Gasteiger partial charge in [0.15, 0.2) is 5.82 Å². The number of primary amides is 1. The van der Waals surface area contributed by atoms with E-state index in [1.165, 1.54) is 4.68 Å². The summed E-state index contributed by atoms with van der Waals surface area (Å²) in [6, 6.07) is 6.18. The highest BCUT2D eigenvalue weighted by atomic mass is 35.5. The lowest BCUT2D eigenvalue weighted by Crippen LogP contribution is -2.42. The molecule has 3 amide bonds. The first-order chi connectivity index (χ1) is 11.3. The Morgan fingerprint density at radius 1 is 1.29 bits per heavy atom. The number of nitrogens with two attached hydrogens (primary N) is 2. The van der Waals surface area contributed by atoms with Gasteiger partial charge in [-0.25, -0.2) is 9.47 Å². The third-order valence-electron chi connectivity index (χ3n) is 3.12. The molecular formula is C14H17ClN6O2S. The highest BCUT2D eigenvalue weighted by Crippen LogP contribution is 2.31. The summed E-state index contributed by atoms with van der Waals surface area (Å²) in [6.07, 6.45) is 0. The average Bonchev–Trinajstić information content (AvgIpc) is 2.85. The first-order valence-corrected chi connectivity index (χ1v) is 8.29. The lowest BCUT2D eigenvalue weighted by molar-refractivity contribution is -0.120. The van der Waals surface area contributed by atoms with Gasteiger partial charge >= 0.3 is 6.03 Å². The molecule has 8 nitrogen and oxygen atoms in total. The standard InChI is InChI=1S/C14H17ClN6O2S/c1-7(2)10(12(22)18-13(16)23)24-14-20-19-11(21(14)17)8-5-3-4-6-9(8)15/h3-7,10H,17H2,1-2H3,(H3,16,18,22,23)/t10-/m1/s1. The summed E-state index contributed by atoms with van der Waals surface area (Å²) in [5.41, 5.74) is 5.63. The van der Waals surface area contributed by atoms with Crippen LogP contribution in [0.2, 0.25) is 5.02 Å². The number of carbonyl (C=O) groups excluding carboxylic acids is 2. The number of nitrogens with zero attached hydrogens (tertiary/aromatic N) is 3. The molecule has 0 saturated heterocycles. The number of aromatic nitrogens is 3. The number of urea groups is 1. The molecule has 5 N–H and O–H groups in total. The maximum Gasteiger partial charge on any atom is 0.318 e. The van der Waals surface area contributed by atoms with Crippen molar-refractivity contribution < 1.29 is 9.59 Å². The normalized spacial score (nSPS) is 12.2. The van der Waals surface area contributed by atoms with Gasteiger partial charge in [-0.2, -0.15) is 0 Å². The number of nitrogens with one attached hydrogen (secondary N) is 1. The summed E-state index contributed by atoms with van der Waals surface area (Å²) in [7, 11) is 0. The highest BCUT2D eigenvalue weighted by Gasteiger charge is 2.27. The summed E-state index contributed by atoms with van der Waals surface area (Å²) >= 11 is 7.24. The third kappa shape index (κ3) is 3.98. The molecule has 0 spiro atoms. The monoisotopic (exact) mass is 368 g/mol. The van der Waals surface area contributed by atoms with Gasteiger partial charge in [0.1, 0.15) is 0 Å². The molecule has 2 rings (SSSR count). The van der Waals surface area contributed by atoms with E-state index in [4.69, 9.17) is 23.2 Å². The Hall–Kier alpha value is -2.26. The number of benzene rings is 1. The molecule has 1 atom stereocenters. The van der Waals surface area contributed by atoms with Crippen LogP contribution in [0.25, 0.3) is 11.4 Å². The largest absolute Gasteiger partial charge is 0.351 e. The molecule has 2 aromatic rings. The van der Waals surface area contributed by atoms with Crippen molar-refractivity contribution in [3.8, 4) is 11.4 Å². The molecule has 0 saturated carbocycles. The average molecular weight is 369 g/mol. The van der Waals surface area contributed by atoms with Gasteiger partial charge in [-0.3, -0.25) is 10.1 Å². The minimum absolute atomic E-state index is 0.0881. The zero-order chi connectivity index (χ0) is 17.9. The topological polar surface area (TPSA) is 129 Å². The second kappa shape index (κ2) is 7.54. The van der Waals surface area contributed by atoms with E-state index in [0.717, 1.165) is 11.8 Å². The van der Waals surface area contributed by atoms with Crippen molar-refractivity contribution in [1.29, 1.82) is 0 Å². The Kier molecular flexibility index (Phi) is 5.68. The minimum Gasteiger partial charge on any atom is -0.351 e. The van der Waals surface area contributed by atoms with E-state index >= 15 is 0 Å². The van der Waals surface area contributed by atoms with E-state index in [0.29, 0.717) is 21.6 Å². The second-order valence-corrected chi connectivity index (χ2v) is 6.81. The van der Waals surface area contributed by atoms with Crippen LogP contribution in [0.5, 0.6) is 0 Å². The summed E-state index contributed by atoms with van der Waals surface area (Å²) in [4.78, 5) is 23.0. The van der Waals surface area contributed by atoms with Crippen LogP contribution in [-0.4, -0.2) is 32.1 Å². The van der Waals surface area contributed by atoms with Crippen LogP contribution in [0, 0.1) is 5.92 Å². The first kappa shape index (κ1) is 18.1. The van der Waals surface area contributed by atoms with Gasteiger partial charge in [0.2, 0.25) is 11.1 Å². The second-order valence-electron chi connectivity index (χ2n) is 5.29. The van der Waals surface area contributed by atoms with Gasteiger partial charge in [0, 0.05) is 5.56 Å². The van der Waals surface area contributed by atoms with E-state index in [9.17, 15) is 9.59 Å². The molecule has 0 fully saturated rings. The minimum atomic E-state index is -0.905. The van der Waals surface area contributed by atoms with E-state index in [-0.39, 0.29) is 5.92 Å². The predicted octanol–water partition coefficient (Wildman–Crippen LogP) is 1.62. The van der Waals surface area contributed by atoms with Crippen LogP contribution in [0.3, 0.4) is 0 Å². The molecule has 10 heteroatoms. The third-order valence-corrected chi connectivity index (χ3v) is 4.95. The zero-order valence-corrected chi connectivity index (χ0v) is 14.6. The van der Waals surface area contributed by atoms with Crippen LogP contribution in [0.4, 0.5) is 4.79 Å². The Morgan fingerprint density at radius 3 is 2.54 bits per heavy atom. The van der Waals surface area contributed by atoms with Gasteiger partial charge < -0.3 is 11.6 Å². The number of imide groups is 1. The molecule has 0 aliphatic heterocycles. The number of carbonyl (C=O) groups is 2. The number of halogens is 1. The van der Waals surface area contributed by atoms with Gasteiger partial charge in [-0.15, -0.1) is 10.2 Å². The molecule has 0 aliphatic rings. The Balaban J connectivity index is 2.28. The lowest BCUT2D eigenvalue weighted by Gasteiger charge is -2.17. The first-order valence-electron chi connectivity index (χ1n) is 7.03. The number of nitrogen functional groups attached to an aromatic ring is 1. The SMILES string of the molecule is CC(C)[C@@H](Sc1nnc(-c2ccccc2Cl)n1N)C(=O)NC(N)=O. The molecule has 24 heavy (non-hydrogen) atoms. The summed E-state index contributed by atoms with van der Waals surface area (Å²) < 4.78 is 1.26. The van der Waals surface area contributed by atoms with E-state index < -0.39 is 17.2 Å². The number of rotatable bonds is 5. The molecular weight excluding hydrogens is 352 g/mol. The quantitative estimate of drug-likeness (QED) is 0.543. The van der Waals surface area contributed by atoms with Crippen LogP contribution in [-0.2, 0) is 4.79 Å².